The molecule has 1 aliphatic rings. The number of methoxy groups -OCH3 is 1. The molecule has 1 amide bonds. The lowest BCUT2D eigenvalue weighted by Crippen LogP contribution is -2.25. The highest BCUT2D eigenvalue weighted by Crippen LogP contribution is 2.32. The molecule has 0 saturated carbocycles. The molecule has 0 unspecified atom stereocenters. The van der Waals surface area contributed by atoms with Gasteiger partial charge in [0.25, 0.3) is 5.91 Å². The Hall–Kier alpha value is -3.34. The van der Waals surface area contributed by atoms with E-state index in [0.29, 0.717) is 17.0 Å². The summed E-state index contributed by atoms with van der Waals surface area (Å²) in [6.45, 7) is 0.941. The molecule has 0 radical (unpaired) electrons. The number of anilines is 3. The zero-order valence-corrected chi connectivity index (χ0v) is 15.2. The van der Waals surface area contributed by atoms with Crippen LogP contribution in [0.4, 0.5) is 17.2 Å². The highest BCUT2D eigenvalue weighted by molar-refractivity contribution is 6.06. The maximum absolute atomic E-state index is 12.5. The second kappa shape index (κ2) is 7.50. The van der Waals surface area contributed by atoms with Gasteiger partial charge in [0, 0.05) is 12.2 Å². The SMILES string of the molecule is COc1ccccc1C(=O)Nc1ccc(N2CCCc3ccccc32)nc1. The van der Waals surface area contributed by atoms with Crippen molar-refractivity contribution in [2.24, 2.45) is 0 Å². The van der Waals surface area contributed by atoms with Gasteiger partial charge in [-0.05, 0) is 48.7 Å². The van der Waals surface area contributed by atoms with Crippen LogP contribution in [0.2, 0.25) is 0 Å². The van der Waals surface area contributed by atoms with Gasteiger partial charge in [-0.15, -0.1) is 0 Å². The molecule has 0 saturated heterocycles. The van der Waals surface area contributed by atoms with Crippen LogP contribution in [0.25, 0.3) is 0 Å². The average molecular weight is 359 g/mol. The van der Waals surface area contributed by atoms with E-state index in [1.165, 1.54) is 11.3 Å². The number of fused-ring (bicyclic) bond motifs is 1. The number of nitrogens with one attached hydrogen (secondary N) is 1. The first kappa shape index (κ1) is 17.1. The first-order valence-corrected chi connectivity index (χ1v) is 9.02. The molecule has 2 aromatic carbocycles. The molecule has 0 fully saturated rings. The van der Waals surface area contributed by atoms with Gasteiger partial charge in [-0.1, -0.05) is 30.3 Å². The number of benzene rings is 2. The molecule has 0 aliphatic carbocycles. The maximum atomic E-state index is 12.5. The molecular formula is C22H21N3O2. The molecule has 1 aromatic heterocycles. The molecule has 27 heavy (non-hydrogen) atoms. The summed E-state index contributed by atoms with van der Waals surface area (Å²) in [6.07, 6.45) is 3.89. The van der Waals surface area contributed by atoms with Gasteiger partial charge >= 0.3 is 0 Å². The van der Waals surface area contributed by atoms with Crippen molar-refractivity contribution in [3.63, 3.8) is 0 Å². The third-order valence-corrected chi connectivity index (χ3v) is 4.74. The molecule has 0 bridgehead atoms. The van der Waals surface area contributed by atoms with Crippen LogP contribution in [0.15, 0.2) is 66.9 Å². The minimum atomic E-state index is -0.217. The minimum absolute atomic E-state index is 0.217. The lowest BCUT2D eigenvalue weighted by Gasteiger charge is -2.30. The molecule has 1 aliphatic heterocycles. The van der Waals surface area contributed by atoms with E-state index in [1.807, 2.05) is 24.3 Å². The molecule has 1 N–H and O–H groups in total. The van der Waals surface area contributed by atoms with Crippen LogP contribution in [0.1, 0.15) is 22.3 Å². The van der Waals surface area contributed by atoms with Crippen LogP contribution >= 0.6 is 0 Å². The van der Waals surface area contributed by atoms with E-state index in [9.17, 15) is 4.79 Å². The van der Waals surface area contributed by atoms with Gasteiger partial charge < -0.3 is 15.0 Å². The normalized spacial score (nSPS) is 13.0. The Morgan fingerprint density at radius 3 is 2.70 bits per heavy atom. The molecule has 0 spiro atoms. The van der Waals surface area contributed by atoms with Gasteiger partial charge in [0.05, 0.1) is 24.6 Å². The van der Waals surface area contributed by atoms with Crippen molar-refractivity contribution in [1.29, 1.82) is 0 Å². The predicted molar refractivity (Wildman–Crippen MR) is 107 cm³/mol. The number of nitrogens with zero attached hydrogens (tertiary/aromatic N) is 2. The number of amides is 1. The summed E-state index contributed by atoms with van der Waals surface area (Å²) in [5, 5.41) is 2.88. The van der Waals surface area contributed by atoms with Gasteiger partial charge in [-0.25, -0.2) is 4.98 Å². The Bertz CT molecular complexity index is 954. The quantitative estimate of drug-likeness (QED) is 0.749. The van der Waals surface area contributed by atoms with Crippen molar-refractivity contribution >= 4 is 23.1 Å². The van der Waals surface area contributed by atoms with Crippen molar-refractivity contribution in [2.45, 2.75) is 12.8 Å². The van der Waals surface area contributed by atoms with E-state index in [4.69, 9.17) is 4.74 Å². The lowest BCUT2D eigenvalue weighted by molar-refractivity contribution is 0.102. The molecule has 5 nitrogen and oxygen atoms in total. The van der Waals surface area contributed by atoms with Gasteiger partial charge in [0.15, 0.2) is 0 Å². The standard InChI is InChI=1S/C22H21N3O2/c1-27-20-11-5-3-9-18(20)22(26)24-17-12-13-21(23-15-17)25-14-6-8-16-7-2-4-10-19(16)25/h2-5,7,9-13,15H,6,8,14H2,1H3,(H,24,26). The first-order valence-electron chi connectivity index (χ1n) is 9.02. The van der Waals surface area contributed by atoms with Gasteiger partial charge in [0.1, 0.15) is 11.6 Å². The Balaban J connectivity index is 1.53. The summed E-state index contributed by atoms with van der Waals surface area (Å²) >= 11 is 0. The molecule has 5 heteroatoms. The zero-order valence-electron chi connectivity index (χ0n) is 15.2. The fourth-order valence-electron chi connectivity index (χ4n) is 3.42. The van der Waals surface area contributed by atoms with Crippen molar-refractivity contribution in [1.82, 2.24) is 4.98 Å². The summed E-state index contributed by atoms with van der Waals surface area (Å²) < 4.78 is 5.25. The number of carbonyl (C=O) groups excluding carboxylic acids is 1. The van der Waals surface area contributed by atoms with Crippen LogP contribution in [-0.4, -0.2) is 24.5 Å². The van der Waals surface area contributed by atoms with Gasteiger partial charge in [-0.2, -0.15) is 0 Å². The summed E-state index contributed by atoms with van der Waals surface area (Å²) in [7, 11) is 1.55. The number of hydrogen-bond donors (Lipinski definition) is 1. The van der Waals surface area contributed by atoms with Crippen LogP contribution in [0.3, 0.4) is 0 Å². The van der Waals surface area contributed by atoms with Gasteiger partial charge in [-0.3, -0.25) is 4.79 Å². The fraction of sp³-hybridized carbons (Fsp3) is 0.182. The average Bonchev–Trinajstić information content (AvgIpc) is 2.74. The second-order valence-electron chi connectivity index (χ2n) is 6.44. The van der Waals surface area contributed by atoms with E-state index < -0.39 is 0 Å². The van der Waals surface area contributed by atoms with Crippen molar-refractivity contribution < 1.29 is 9.53 Å². The largest absolute Gasteiger partial charge is 0.496 e. The van der Waals surface area contributed by atoms with Crippen LogP contribution < -0.4 is 15.0 Å². The Labute approximate surface area is 158 Å². The maximum Gasteiger partial charge on any atom is 0.259 e. The monoisotopic (exact) mass is 359 g/mol. The highest BCUT2D eigenvalue weighted by Gasteiger charge is 2.19. The number of carbonyl (C=O) groups is 1. The smallest absolute Gasteiger partial charge is 0.259 e. The number of rotatable bonds is 4. The number of aromatic nitrogens is 1. The minimum Gasteiger partial charge on any atom is -0.496 e. The van der Waals surface area contributed by atoms with Gasteiger partial charge in [0.2, 0.25) is 0 Å². The summed E-state index contributed by atoms with van der Waals surface area (Å²) in [6, 6.07) is 19.4. The van der Waals surface area contributed by atoms with E-state index in [2.05, 4.69) is 39.5 Å². The molecule has 4 rings (SSSR count). The molecule has 3 aromatic rings. The number of ether oxygens (including phenoxy) is 1. The number of hydrogen-bond acceptors (Lipinski definition) is 4. The Morgan fingerprint density at radius 1 is 1.07 bits per heavy atom. The summed E-state index contributed by atoms with van der Waals surface area (Å²) in [5.41, 5.74) is 3.70. The third-order valence-electron chi connectivity index (χ3n) is 4.74. The summed E-state index contributed by atoms with van der Waals surface area (Å²) in [5.74, 6) is 1.22. The predicted octanol–water partition coefficient (Wildman–Crippen LogP) is 4.43. The lowest BCUT2D eigenvalue weighted by atomic mass is 10.0. The zero-order chi connectivity index (χ0) is 18.6. The van der Waals surface area contributed by atoms with E-state index in [0.717, 1.165) is 25.2 Å². The van der Waals surface area contributed by atoms with E-state index >= 15 is 0 Å². The van der Waals surface area contributed by atoms with Crippen LogP contribution in [0.5, 0.6) is 5.75 Å². The summed E-state index contributed by atoms with van der Waals surface area (Å²) in [4.78, 5) is 19.3. The second-order valence-corrected chi connectivity index (χ2v) is 6.44. The number of para-hydroxylation sites is 2. The molecule has 2 heterocycles. The fourth-order valence-corrected chi connectivity index (χ4v) is 3.42. The van der Waals surface area contributed by atoms with Crippen molar-refractivity contribution in [3.8, 4) is 5.75 Å². The Morgan fingerprint density at radius 2 is 1.89 bits per heavy atom. The number of pyridine rings is 1. The molecule has 0 atom stereocenters. The van der Waals surface area contributed by atoms with E-state index in [-0.39, 0.29) is 5.91 Å². The highest BCUT2D eigenvalue weighted by atomic mass is 16.5. The molecular weight excluding hydrogens is 338 g/mol. The van der Waals surface area contributed by atoms with Crippen molar-refractivity contribution in [3.05, 3.63) is 78.0 Å². The first-order chi connectivity index (χ1) is 13.3. The Kier molecular flexibility index (Phi) is 4.75. The van der Waals surface area contributed by atoms with Crippen LogP contribution in [0, 0.1) is 0 Å². The van der Waals surface area contributed by atoms with E-state index in [1.54, 1.807) is 25.4 Å². The third kappa shape index (κ3) is 3.49. The van der Waals surface area contributed by atoms with Crippen molar-refractivity contribution in [2.75, 3.05) is 23.9 Å². The topological polar surface area (TPSA) is 54.5 Å². The number of aryl methyl sites for hydroxylation is 1. The molecule has 136 valence electrons. The van der Waals surface area contributed by atoms with Crippen LogP contribution in [-0.2, 0) is 6.42 Å².